The van der Waals surface area contributed by atoms with Gasteiger partial charge in [0.25, 0.3) is 11.8 Å². The van der Waals surface area contributed by atoms with Crippen LogP contribution in [-0.4, -0.2) is 26.7 Å². The molecule has 0 saturated heterocycles. The number of hydrogen-bond acceptors (Lipinski definition) is 3. The van der Waals surface area contributed by atoms with E-state index in [1.54, 1.807) is 31.2 Å². The second-order valence-electron chi connectivity index (χ2n) is 5.34. The quantitative estimate of drug-likeness (QED) is 0.738. The Balaban J connectivity index is 1.76. The van der Waals surface area contributed by atoms with Gasteiger partial charge in [0, 0.05) is 0 Å². The molecule has 0 aliphatic carbocycles. The Kier molecular flexibility index (Phi) is 2.63. The summed E-state index contributed by atoms with van der Waals surface area (Å²) in [6, 6.07) is 14.1. The van der Waals surface area contributed by atoms with E-state index in [0.29, 0.717) is 17.0 Å². The smallest absolute Gasteiger partial charge is 0.262 e. The third-order valence-corrected chi connectivity index (χ3v) is 4.02. The maximum absolute atomic E-state index is 12.5. The van der Waals surface area contributed by atoms with E-state index in [4.69, 9.17) is 0 Å². The van der Waals surface area contributed by atoms with Gasteiger partial charge in [-0.25, -0.2) is 4.98 Å². The summed E-state index contributed by atoms with van der Waals surface area (Å²) < 4.78 is 0. The Morgan fingerprint density at radius 3 is 2.18 bits per heavy atom. The van der Waals surface area contributed by atoms with Crippen molar-refractivity contribution < 1.29 is 9.59 Å². The fourth-order valence-electron chi connectivity index (χ4n) is 2.85. The number of hydrogen-bond donors (Lipinski definition) is 1. The van der Waals surface area contributed by atoms with Crippen molar-refractivity contribution >= 4 is 22.8 Å². The van der Waals surface area contributed by atoms with Crippen molar-refractivity contribution in [1.82, 2.24) is 14.9 Å². The lowest BCUT2D eigenvalue weighted by Gasteiger charge is -2.20. The Labute approximate surface area is 126 Å². The van der Waals surface area contributed by atoms with E-state index in [1.807, 2.05) is 24.3 Å². The van der Waals surface area contributed by atoms with Crippen molar-refractivity contribution in [3.63, 3.8) is 0 Å². The van der Waals surface area contributed by atoms with Gasteiger partial charge in [0.05, 0.1) is 28.2 Å². The van der Waals surface area contributed by atoms with Crippen molar-refractivity contribution in [2.45, 2.75) is 13.0 Å². The summed E-state index contributed by atoms with van der Waals surface area (Å²) in [7, 11) is 0. The highest BCUT2D eigenvalue weighted by molar-refractivity contribution is 6.21. The highest BCUT2D eigenvalue weighted by Crippen LogP contribution is 2.30. The van der Waals surface area contributed by atoms with E-state index in [-0.39, 0.29) is 11.8 Å². The van der Waals surface area contributed by atoms with Crippen molar-refractivity contribution in [1.29, 1.82) is 0 Å². The van der Waals surface area contributed by atoms with Gasteiger partial charge >= 0.3 is 0 Å². The van der Waals surface area contributed by atoms with Crippen LogP contribution in [0.2, 0.25) is 0 Å². The predicted octanol–water partition coefficient (Wildman–Crippen LogP) is 2.92. The molecule has 5 heteroatoms. The molecule has 1 N–H and O–H groups in total. The number of aromatic nitrogens is 2. The molecule has 0 radical (unpaired) electrons. The number of rotatable bonds is 2. The van der Waals surface area contributed by atoms with Crippen LogP contribution < -0.4 is 0 Å². The molecule has 4 rings (SSSR count). The minimum atomic E-state index is -0.445. The van der Waals surface area contributed by atoms with Crippen LogP contribution in [0.5, 0.6) is 0 Å². The molecule has 1 aliphatic heterocycles. The van der Waals surface area contributed by atoms with Crippen LogP contribution in [0.25, 0.3) is 11.0 Å². The number of nitrogens with zero attached hydrogens (tertiary/aromatic N) is 2. The first-order chi connectivity index (χ1) is 10.7. The van der Waals surface area contributed by atoms with Gasteiger partial charge in [0.2, 0.25) is 0 Å². The van der Waals surface area contributed by atoms with Gasteiger partial charge in [-0.15, -0.1) is 0 Å². The summed E-state index contributed by atoms with van der Waals surface area (Å²) in [5.74, 6) is 0.0674. The molecule has 0 unspecified atom stereocenters. The van der Waals surface area contributed by atoms with Crippen molar-refractivity contribution in [3.8, 4) is 0 Å². The van der Waals surface area contributed by atoms with E-state index in [2.05, 4.69) is 9.97 Å². The van der Waals surface area contributed by atoms with Crippen LogP contribution in [0, 0.1) is 0 Å². The number of carbonyl (C=O) groups is 2. The molecular weight excluding hydrogens is 278 g/mol. The number of fused-ring (bicyclic) bond motifs is 2. The first-order valence-electron chi connectivity index (χ1n) is 7.08. The lowest BCUT2D eigenvalue weighted by atomic mass is 10.1. The van der Waals surface area contributed by atoms with E-state index in [0.717, 1.165) is 11.0 Å². The number of nitrogens with one attached hydrogen (secondary N) is 1. The summed E-state index contributed by atoms with van der Waals surface area (Å²) >= 11 is 0. The zero-order valence-corrected chi connectivity index (χ0v) is 11.9. The number of imide groups is 1. The van der Waals surface area contributed by atoms with Gasteiger partial charge in [-0.05, 0) is 31.2 Å². The Morgan fingerprint density at radius 2 is 1.55 bits per heavy atom. The normalized spacial score (nSPS) is 15.4. The lowest BCUT2D eigenvalue weighted by Crippen LogP contribution is -2.33. The Morgan fingerprint density at radius 1 is 0.955 bits per heavy atom. The van der Waals surface area contributed by atoms with E-state index >= 15 is 0 Å². The molecule has 0 bridgehead atoms. The molecular formula is C17H13N3O2. The third kappa shape index (κ3) is 1.69. The number of aromatic amines is 1. The number of H-pyrrole nitrogens is 1. The summed E-state index contributed by atoms with van der Waals surface area (Å²) in [5, 5.41) is 0. The molecule has 108 valence electrons. The average Bonchev–Trinajstić information content (AvgIpc) is 3.08. The molecule has 2 amide bonds. The summed E-state index contributed by atoms with van der Waals surface area (Å²) in [5.41, 5.74) is 2.62. The molecule has 0 fully saturated rings. The summed E-state index contributed by atoms with van der Waals surface area (Å²) in [6.07, 6.45) is 0. The van der Waals surface area contributed by atoms with E-state index in [1.165, 1.54) is 4.90 Å². The minimum Gasteiger partial charge on any atom is -0.340 e. The molecule has 22 heavy (non-hydrogen) atoms. The summed E-state index contributed by atoms with van der Waals surface area (Å²) in [6.45, 7) is 1.80. The highest BCUT2D eigenvalue weighted by atomic mass is 16.2. The maximum atomic E-state index is 12.5. The topological polar surface area (TPSA) is 66.1 Å². The molecule has 5 nitrogen and oxygen atoms in total. The number of imidazole rings is 1. The third-order valence-electron chi connectivity index (χ3n) is 4.02. The second kappa shape index (κ2) is 4.53. The van der Waals surface area contributed by atoms with E-state index < -0.39 is 6.04 Å². The minimum absolute atomic E-state index is 0.270. The van der Waals surface area contributed by atoms with Gasteiger partial charge in [-0.3, -0.25) is 14.5 Å². The van der Waals surface area contributed by atoms with Crippen molar-refractivity contribution in [2.24, 2.45) is 0 Å². The maximum Gasteiger partial charge on any atom is 0.262 e. The molecule has 2 heterocycles. The number of para-hydroxylation sites is 2. The van der Waals surface area contributed by atoms with Gasteiger partial charge in [-0.2, -0.15) is 0 Å². The van der Waals surface area contributed by atoms with Gasteiger partial charge < -0.3 is 4.98 Å². The van der Waals surface area contributed by atoms with Crippen LogP contribution in [-0.2, 0) is 0 Å². The molecule has 0 spiro atoms. The zero-order chi connectivity index (χ0) is 15.3. The first kappa shape index (κ1) is 12.8. The van der Waals surface area contributed by atoms with Gasteiger partial charge in [0.15, 0.2) is 0 Å². The SMILES string of the molecule is C[C@H](c1nc2ccccc2[nH]1)N1C(=O)c2ccccc2C1=O. The largest absolute Gasteiger partial charge is 0.340 e. The monoisotopic (exact) mass is 291 g/mol. The highest BCUT2D eigenvalue weighted by Gasteiger charge is 2.39. The molecule has 2 aromatic carbocycles. The lowest BCUT2D eigenvalue weighted by molar-refractivity contribution is 0.0589. The molecule has 1 atom stereocenters. The number of benzene rings is 2. The fraction of sp³-hybridized carbons (Fsp3) is 0.118. The molecule has 1 aliphatic rings. The average molecular weight is 291 g/mol. The predicted molar refractivity (Wildman–Crippen MR) is 81.5 cm³/mol. The fourth-order valence-corrected chi connectivity index (χ4v) is 2.85. The zero-order valence-electron chi connectivity index (χ0n) is 11.9. The number of carbonyl (C=O) groups excluding carboxylic acids is 2. The molecule has 0 saturated carbocycles. The second-order valence-corrected chi connectivity index (χ2v) is 5.34. The molecule has 3 aromatic rings. The van der Waals surface area contributed by atoms with Crippen molar-refractivity contribution in [3.05, 3.63) is 65.5 Å². The molecule has 1 aromatic heterocycles. The first-order valence-corrected chi connectivity index (χ1v) is 7.08. The summed E-state index contributed by atoms with van der Waals surface area (Å²) in [4.78, 5) is 33.9. The van der Waals surface area contributed by atoms with Gasteiger partial charge in [-0.1, -0.05) is 24.3 Å². The van der Waals surface area contributed by atoms with Crippen LogP contribution >= 0.6 is 0 Å². The van der Waals surface area contributed by atoms with E-state index in [9.17, 15) is 9.59 Å². The van der Waals surface area contributed by atoms with Crippen LogP contribution in [0.4, 0.5) is 0 Å². The van der Waals surface area contributed by atoms with Gasteiger partial charge in [0.1, 0.15) is 5.82 Å². The standard InChI is InChI=1S/C17H13N3O2/c1-10(15-18-13-8-4-5-9-14(13)19-15)20-16(21)11-6-2-3-7-12(11)17(20)22/h2-10H,1H3,(H,18,19)/t10-/m1/s1. The Bertz CT molecular complexity index is 845. The number of amides is 2. The Hall–Kier alpha value is -2.95. The van der Waals surface area contributed by atoms with Crippen LogP contribution in [0.3, 0.4) is 0 Å². The van der Waals surface area contributed by atoms with Crippen molar-refractivity contribution in [2.75, 3.05) is 0 Å². The van der Waals surface area contributed by atoms with Crippen LogP contribution in [0.1, 0.15) is 39.5 Å². The van der Waals surface area contributed by atoms with Crippen LogP contribution in [0.15, 0.2) is 48.5 Å².